The number of Topliss-reactive ketones (excluding diaryl/α,β-unsaturated/α-hetero) is 1. The largest absolute Gasteiger partial charge is 0.453 e. The summed E-state index contributed by atoms with van der Waals surface area (Å²) in [5.74, 6) is -1.51. The Kier molecular flexibility index (Phi) is 3.72. The molecule has 5 nitrogen and oxygen atoms in total. The lowest BCUT2D eigenvalue weighted by molar-refractivity contribution is -0.139. The van der Waals surface area contributed by atoms with Gasteiger partial charge in [-0.25, -0.2) is 9.18 Å². The highest BCUT2D eigenvalue weighted by Crippen LogP contribution is 2.44. The number of carbonyl (C=O) groups is 2. The third-order valence-electron chi connectivity index (χ3n) is 4.45. The predicted octanol–water partition coefficient (Wildman–Crippen LogP) is 2.17. The van der Waals surface area contributed by atoms with E-state index in [0.717, 1.165) is 0 Å². The Morgan fingerprint density at radius 2 is 2.04 bits per heavy atom. The lowest BCUT2D eigenvalue weighted by Gasteiger charge is -2.32. The van der Waals surface area contributed by atoms with Crippen LogP contribution in [0.1, 0.15) is 18.4 Å². The van der Waals surface area contributed by atoms with Crippen LogP contribution >= 0.6 is 22.6 Å². The first-order chi connectivity index (χ1) is 11.5. The molecule has 124 valence electrons. The van der Waals surface area contributed by atoms with E-state index >= 15 is 0 Å². The molecular weight excluding hydrogens is 426 g/mol. The molecule has 3 aliphatic rings. The molecule has 0 bridgehead atoms. The first-order valence-electron chi connectivity index (χ1n) is 7.48. The molecule has 0 saturated carbocycles. The van der Waals surface area contributed by atoms with Gasteiger partial charge in [0.2, 0.25) is 0 Å². The molecule has 3 heterocycles. The summed E-state index contributed by atoms with van der Waals surface area (Å²) in [5.41, 5.74) is 2.94. The number of rotatable bonds is 1. The van der Waals surface area contributed by atoms with E-state index in [4.69, 9.17) is 9.47 Å². The van der Waals surface area contributed by atoms with Crippen molar-refractivity contribution in [3.8, 4) is 0 Å². The normalized spacial score (nSPS) is 26.1. The van der Waals surface area contributed by atoms with Crippen molar-refractivity contribution in [2.24, 2.45) is 0 Å². The van der Waals surface area contributed by atoms with Gasteiger partial charge in [-0.3, -0.25) is 4.79 Å². The molecule has 0 unspecified atom stereocenters. The zero-order chi connectivity index (χ0) is 17.0. The van der Waals surface area contributed by atoms with Gasteiger partial charge in [0.25, 0.3) is 0 Å². The first kappa shape index (κ1) is 15.8. The smallest absolute Gasteiger partial charge is 0.337 e. The second-order valence-corrected chi connectivity index (χ2v) is 7.08. The van der Waals surface area contributed by atoms with Crippen LogP contribution in [0, 0.1) is 9.39 Å². The van der Waals surface area contributed by atoms with E-state index < -0.39 is 18.0 Å². The fraction of sp³-hybridized carbons (Fsp3) is 0.294. The monoisotopic (exact) mass is 439 g/mol. The average Bonchev–Trinajstić information content (AvgIpc) is 2.83. The van der Waals surface area contributed by atoms with Gasteiger partial charge in [0.1, 0.15) is 18.5 Å². The highest BCUT2D eigenvalue weighted by atomic mass is 125. The summed E-state index contributed by atoms with van der Waals surface area (Å²) in [4.78, 5) is 24.8. The number of benzene rings is 1. The molecule has 1 aromatic carbocycles. The second-order valence-electron chi connectivity index (χ2n) is 5.91. The molecule has 24 heavy (non-hydrogen) atoms. The third kappa shape index (κ3) is 2.29. The fourth-order valence-corrected chi connectivity index (χ4v) is 3.93. The lowest BCUT2D eigenvalue weighted by Crippen LogP contribution is -2.37. The Morgan fingerprint density at radius 1 is 1.25 bits per heavy atom. The van der Waals surface area contributed by atoms with E-state index in [9.17, 15) is 14.0 Å². The number of cyclic esters (lactones) is 1. The summed E-state index contributed by atoms with van der Waals surface area (Å²) in [6, 6.07) is 4.63. The van der Waals surface area contributed by atoms with Gasteiger partial charge in [-0.15, -0.1) is 0 Å². The average molecular weight is 439 g/mol. The summed E-state index contributed by atoms with van der Waals surface area (Å²) in [7, 11) is 0. The second kappa shape index (κ2) is 5.66. The van der Waals surface area contributed by atoms with Gasteiger partial charge in [-0.1, -0.05) is 6.07 Å². The molecule has 1 aromatic rings. The molecule has 0 spiro atoms. The van der Waals surface area contributed by atoms with Crippen LogP contribution in [-0.2, 0) is 19.1 Å². The molecule has 0 aromatic heterocycles. The maximum absolute atomic E-state index is 13.7. The van der Waals surface area contributed by atoms with Crippen molar-refractivity contribution in [3.63, 3.8) is 0 Å². The van der Waals surface area contributed by atoms with Gasteiger partial charge in [0.15, 0.2) is 5.78 Å². The summed E-state index contributed by atoms with van der Waals surface area (Å²) < 4.78 is 24.7. The number of hydrogen-bond donors (Lipinski definition) is 1. The third-order valence-corrected chi connectivity index (χ3v) is 5.27. The quantitative estimate of drug-likeness (QED) is 0.537. The molecule has 1 N–H and O–H groups in total. The maximum Gasteiger partial charge on any atom is 0.337 e. The molecule has 0 aliphatic carbocycles. The van der Waals surface area contributed by atoms with Gasteiger partial charge in [0.05, 0.1) is 17.9 Å². The number of halogens is 2. The Balaban J connectivity index is 1.93. The summed E-state index contributed by atoms with van der Waals surface area (Å²) in [5, 5.41) is 3.15. The van der Waals surface area contributed by atoms with E-state index in [1.54, 1.807) is 19.1 Å². The standard InChI is InChI=1S/C17H13FINO4/c1-7-16-15(17(22)24-7)13(8-2-3-9(18)10(19)4-8)14-11(20-16)5-23-6-12(14)21/h2-4,7,13,20H,5-6H2,1H3/t7-,13+/m0/s1/i19-2. The zero-order valence-electron chi connectivity index (χ0n) is 12.7. The van der Waals surface area contributed by atoms with E-state index in [2.05, 4.69) is 5.32 Å². The van der Waals surface area contributed by atoms with Crippen molar-refractivity contribution >= 4 is 34.3 Å². The van der Waals surface area contributed by atoms with Crippen LogP contribution in [0.15, 0.2) is 40.7 Å². The van der Waals surface area contributed by atoms with Crippen LogP contribution in [0.25, 0.3) is 0 Å². The fourth-order valence-electron chi connectivity index (χ4n) is 3.39. The topological polar surface area (TPSA) is 64.6 Å². The Labute approximate surface area is 151 Å². The van der Waals surface area contributed by atoms with Crippen molar-refractivity contribution < 1.29 is 23.5 Å². The molecule has 4 rings (SSSR count). The molecule has 0 fully saturated rings. The number of ether oxygens (including phenoxy) is 2. The van der Waals surface area contributed by atoms with Crippen molar-refractivity contribution in [2.75, 3.05) is 13.2 Å². The van der Waals surface area contributed by atoms with E-state index in [0.29, 0.717) is 31.7 Å². The Hall–Kier alpha value is -1.74. The number of nitrogens with one attached hydrogen (secondary N) is 1. The van der Waals surface area contributed by atoms with E-state index in [1.807, 2.05) is 22.6 Å². The number of ketones is 1. The first-order valence-corrected chi connectivity index (χ1v) is 8.56. The van der Waals surface area contributed by atoms with Crippen LogP contribution in [-0.4, -0.2) is 31.1 Å². The van der Waals surface area contributed by atoms with Gasteiger partial charge in [-0.05, 0) is 47.2 Å². The molecule has 0 saturated heterocycles. The van der Waals surface area contributed by atoms with Crippen molar-refractivity contribution in [2.45, 2.75) is 18.9 Å². The highest BCUT2D eigenvalue weighted by Gasteiger charge is 2.45. The van der Waals surface area contributed by atoms with Gasteiger partial charge >= 0.3 is 5.97 Å². The SMILES string of the molecule is C[C@@H]1OC(=O)C2=C1NC1=C(C(=O)COC1)[C@H]2c1ccc(F)c([125I])c1. The van der Waals surface area contributed by atoms with E-state index in [1.165, 1.54) is 6.07 Å². The number of esters is 1. The number of hydrogen-bond acceptors (Lipinski definition) is 5. The maximum atomic E-state index is 13.7. The number of dihydropyridines is 1. The zero-order valence-corrected chi connectivity index (χ0v) is 14.8. The van der Waals surface area contributed by atoms with Crippen LogP contribution in [0.4, 0.5) is 4.39 Å². The van der Waals surface area contributed by atoms with Crippen LogP contribution < -0.4 is 5.32 Å². The van der Waals surface area contributed by atoms with Gasteiger partial charge < -0.3 is 14.8 Å². The molecule has 0 amide bonds. The summed E-state index contributed by atoms with van der Waals surface area (Å²) in [6.45, 7) is 2.02. The highest BCUT2D eigenvalue weighted by molar-refractivity contribution is 14.1. The van der Waals surface area contributed by atoms with Crippen molar-refractivity contribution in [1.82, 2.24) is 5.32 Å². The molecule has 0 radical (unpaired) electrons. The minimum Gasteiger partial charge on any atom is -0.453 e. The van der Waals surface area contributed by atoms with Gasteiger partial charge in [-0.2, -0.15) is 0 Å². The van der Waals surface area contributed by atoms with Crippen molar-refractivity contribution in [1.29, 1.82) is 0 Å². The van der Waals surface area contributed by atoms with Crippen LogP contribution in [0.5, 0.6) is 0 Å². The Morgan fingerprint density at radius 3 is 2.79 bits per heavy atom. The molecular formula is C17H13FINO4. The molecule has 2 atom stereocenters. The van der Waals surface area contributed by atoms with Crippen LogP contribution in [0.2, 0.25) is 0 Å². The molecule has 3 aliphatic heterocycles. The lowest BCUT2D eigenvalue weighted by atomic mass is 9.78. The van der Waals surface area contributed by atoms with Crippen LogP contribution in [0.3, 0.4) is 0 Å². The number of carbonyl (C=O) groups excluding carboxylic acids is 2. The summed E-state index contributed by atoms with van der Waals surface area (Å²) in [6.07, 6.45) is -0.416. The predicted molar refractivity (Wildman–Crippen MR) is 90.4 cm³/mol. The minimum atomic E-state index is -0.556. The Bertz CT molecular complexity index is 843. The summed E-state index contributed by atoms with van der Waals surface area (Å²) >= 11 is 1.90. The molecule has 7 heteroatoms. The van der Waals surface area contributed by atoms with Gasteiger partial charge in [0, 0.05) is 20.8 Å². The van der Waals surface area contributed by atoms with Crippen molar-refractivity contribution in [3.05, 3.63) is 55.7 Å². The van der Waals surface area contributed by atoms with E-state index in [-0.39, 0.29) is 24.8 Å². The minimum absolute atomic E-state index is 0.0253.